The molecule has 4 aliphatic rings. The molecule has 7 nitrogen and oxygen atoms in total. The molecule has 2 amide bonds. The number of carbonyl (C=O) groups is 3. The highest BCUT2D eigenvalue weighted by atomic mass is 16.6. The minimum absolute atomic E-state index is 0.0337. The second-order valence-corrected chi connectivity index (χ2v) is 10.6. The maximum Gasteiger partial charge on any atom is 0.320 e. The quantitative estimate of drug-likeness (QED) is 0.539. The van der Waals surface area contributed by atoms with Crippen LogP contribution in [-0.4, -0.2) is 53.5 Å². The van der Waals surface area contributed by atoms with Crippen molar-refractivity contribution in [3.63, 3.8) is 0 Å². The lowest BCUT2D eigenvalue weighted by Crippen LogP contribution is -2.51. The van der Waals surface area contributed by atoms with Crippen LogP contribution < -0.4 is 10.6 Å². The molecule has 32 heavy (non-hydrogen) atoms. The summed E-state index contributed by atoms with van der Waals surface area (Å²) in [5.41, 5.74) is 1.03. The lowest BCUT2D eigenvalue weighted by Gasteiger charge is -2.36. The van der Waals surface area contributed by atoms with Gasteiger partial charge in [-0.15, -0.1) is 0 Å². The SMILES string of the molecule is CC(C)(C)OC(=O)CN1CCC(c2cccc(NC34CCC(CC3)C(=O)NC4=O)c2)CC1. The molecular formula is C25H35N3O4. The van der Waals surface area contributed by atoms with E-state index >= 15 is 0 Å². The van der Waals surface area contributed by atoms with Gasteiger partial charge in [-0.25, -0.2) is 0 Å². The molecule has 0 spiro atoms. The minimum atomic E-state index is -0.696. The summed E-state index contributed by atoms with van der Waals surface area (Å²) in [5, 5.41) is 6.09. The monoisotopic (exact) mass is 441 g/mol. The summed E-state index contributed by atoms with van der Waals surface area (Å²) in [5.74, 6) is -0.0966. The van der Waals surface area contributed by atoms with E-state index in [4.69, 9.17) is 4.74 Å². The summed E-state index contributed by atoms with van der Waals surface area (Å²) >= 11 is 0. The number of rotatable bonds is 5. The number of fused-ring (bicyclic) bond motifs is 4. The number of amides is 2. The van der Waals surface area contributed by atoms with Gasteiger partial charge in [0, 0.05) is 11.6 Å². The fourth-order valence-corrected chi connectivity index (χ4v) is 5.24. The molecule has 3 aliphatic heterocycles. The Balaban J connectivity index is 1.36. The van der Waals surface area contributed by atoms with Gasteiger partial charge in [0.1, 0.15) is 11.1 Å². The Kier molecular flexibility index (Phi) is 6.30. The molecule has 4 fully saturated rings. The van der Waals surface area contributed by atoms with Crippen molar-refractivity contribution in [3.8, 4) is 0 Å². The van der Waals surface area contributed by atoms with Crippen LogP contribution in [0.15, 0.2) is 24.3 Å². The molecule has 3 heterocycles. The van der Waals surface area contributed by atoms with Crippen LogP contribution in [0.3, 0.4) is 0 Å². The number of anilines is 1. The summed E-state index contributed by atoms with van der Waals surface area (Å²) in [6.07, 6.45) is 4.83. The molecule has 1 aromatic carbocycles. The largest absolute Gasteiger partial charge is 0.459 e. The number of nitrogens with one attached hydrogen (secondary N) is 2. The number of hydrogen-bond acceptors (Lipinski definition) is 6. The zero-order chi connectivity index (χ0) is 22.9. The molecule has 2 N–H and O–H groups in total. The van der Waals surface area contributed by atoms with Crippen molar-refractivity contribution in [3.05, 3.63) is 29.8 Å². The van der Waals surface area contributed by atoms with Gasteiger partial charge in [-0.05, 0) is 96.0 Å². The van der Waals surface area contributed by atoms with Crippen molar-refractivity contribution >= 4 is 23.5 Å². The number of carbonyl (C=O) groups excluding carboxylic acids is 3. The van der Waals surface area contributed by atoms with E-state index in [1.54, 1.807) is 0 Å². The molecule has 174 valence electrons. The first-order chi connectivity index (χ1) is 15.1. The summed E-state index contributed by atoms with van der Waals surface area (Å²) < 4.78 is 5.44. The molecule has 0 unspecified atom stereocenters. The number of benzene rings is 1. The number of imide groups is 1. The van der Waals surface area contributed by atoms with Gasteiger partial charge >= 0.3 is 5.97 Å². The third-order valence-electron chi connectivity index (χ3n) is 6.98. The molecule has 1 aliphatic carbocycles. The highest BCUT2D eigenvalue weighted by Gasteiger charge is 2.47. The van der Waals surface area contributed by atoms with Crippen LogP contribution >= 0.6 is 0 Å². The Morgan fingerprint density at radius 1 is 1.12 bits per heavy atom. The first-order valence-corrected chi connectivity index (χ1v) is 11.8. The topological polar surface area (TPSA) is 87.7 Å². The standard InChI is InChI=1S/C25H35N3O4/c1-24(2,3)32-21(29)16-28-13-9-17(10-14-28)19-5-4-6-20(15-19)27-25-11-7-18(8-12-25)22(30)26-23(25)31/h4-6,15,17-18,27H,7-14,16H2,1-3H3,(H,26,30,31). The number of nitrogens with zero attached hydrogens (tertiary/aromatic N) is 1. The molecule has 0 radical (unpaired) electrons. The summed E-state index contributed by atoms with van der Waals surface area (Å²) in [7, 11) is 0. The first-order valence-electron chi connectivity index (χ1n) is 11.8. The molecule has 0 atom stereocenters. The average Bonchev–Trinajstić information content (AvgIpc) is 2.91. The van der Waals surface area contributed by atoms with E-state index in [0.29, 0.717) is 25.3 Å². The lowest BCUT2D eigenvalue weighted by atomic mass is 9.77. The fourth-order valence-electron chi connectivity index (χ4n) is 5.24. The Morgan fingerprint density at radius 3 is 2.47 bits per heavy atom. The minimum Gasteiger partial charge on any atom is -0.459 e. The van der Waals surface area contributed by atoms with Crippen LogP contribution in [-0.2, 0) is 19.1 Å². The van der Waals surface area contributed by atoms with Crippen molar-refractivity contribution in [1.82, 2.24) is 10.2 Å². The number of esters is 1. The number of hydrogen-bond donors (Lipinski definition) is 2. The van der Waals surface area contributed by atoms with E-state index in [2.05, 4.69) is 27.7 Å². The van der Waals surface area contributed by atoms with E-state index < -0.39 is 11.1 Å². The Bertz CT molecular complexity index is 875. The van der Waals surface area contributed by atoms with Crippen LogP contribution in [0, 0.1) is 5.92 Å². The normalized spacial score (nSPS) is 27.0. The predicted molar refractivity (Wildman–Crippen MR) is 122 cm³/mol. The molecule has 0 aromatic heterocycles. The van der Waals surface area contributed by atoms with Crippen LogP contribution in [0.2, 0.25) is 0 Å². The van der Waals surface area contributed by atoms with Gasteiger partial charge < -0.3 is 10.1 Å². The Labute approximate surface area is 190 Å². The van der Waals surface area contributed by atoms with Gasteiger partial charge in [0.25, 0.3) is 5.91 Å². The number of likely N-dealkylation sites (tertiary alicyclic amines) is 1. The van der Waals surface area contributed by atoms with Gasteiger partial charge in [-0.3, -0.25) is 24.6 Å². The van der Waals surface area contributed by atoms with E-state index in [-0.39, 0.29) is 23.7 Å². The smallest absolute Gasteiger partial charge is 0.320 e. The number of ether oxygens (including phenoxy) is 1. The zero-order valence-electron chi connectivity index (χ0n) is 19.4. The van der Waals surface area contributed by atoms with E-state index in [0.717, 1.165) is 44.5 Å². The van der Waals surface area contributed by atoms with Crippen molar-refractivity contribution in [2.24, 2.45) is 5.92 Å². The maximum atomic E-state index is 12.8. The molecular weight excluding hydrogens is 406 g/mol. The van der Waals surface area contributed by atoms with Crippen LogP contribution in [0.5, 0.6) is 0 Å². The third-order valence-corrected chi connectivity index (χ3v) is 6.98. The highest BCUT2D eigenvalue weighted by Crippen LogP contribution is 2.38. The highest BCUT2D eigenvalue weighted by molar-refractivity contribution is 6.04. The summed E-state index contributed by atoms with van der Waals surface area (Å²) in [4.78, 5) is 39.2. The molecule has 1 saturated carbocycles. The second-order valence-electron chi connectivity index (χ2n) is 10.6. The third kappa shape index (κ3) is 5.14. The second kappa shape index (κ2) is 8.85. The van der Waals surface area contributed by atoms with Crippen molar-refractivity contribution in [2.75, 3.05) is 25.0 Å². The van der Waals surface area contributed by atoms with Gasteiger partial charge in [-0.1, -0.05) is 12.1 Å². The zero-order valence-corrected chi connectivity index (χ0v) is 19.4. The summed E-state index contributed by atoms with van der Waals surface area (Å²) in [6.45, 7) is 7.72. The van der Waals surface area contributed by atoms with Crippen molar-refractivity contribution in [2.45, 2.75) is 76.4 Å². The van der Waals surface area contributed by atoms with E-state index in [9.17, 15) is 14.4 Å². The molecule has 5 rings (SSSR count). The molecule has 2 bridgehead atoms. The van der Waals surface area contributed by atoms with E-state index in [1.165, 1.54) is 5.56 Å². The van der Waals surface area contributed by atoms with Crippen LogP contribution in [0.1, 0.15) is 70.8 Å². The van der Waals surface area contributed by atoms with Gasteiger partial charge in [0.2, 0.25) is 5.91 Å². The van der Waals surface area contributed by atoms with E-state index in [1.807, 2.05) is 32.9 Å². The van der Waals surface area contributed by atoms with Crippen molar-refractivity contribution < 1.29 is 19.1 Å². The lowest BCUT2D eigenvalue weighted by molar-refractivity contribution is -0.156. The number of piperidine rings is 1. The molecule has 1 aromatic rings. The molecule has 3 saturated heterocycles. The fraction of sp³-hybridized carbons (Fsp3) is 0.640. The first kappa shape index (κ1) is 22.8. The van der Waals surface area contributed by atoms with Crippen molar-refractivity contribution in [1.29, 1.82) is 0 Å². The Morgan fingerprint density at radius 2 is 1.81 bits per heavy atom. The van der Waals surface area contributed by atoms with Gasteiger partial charge in [-0.2, -0.15) is 0 Å². The van der Waals surface area contributed by atoms with Crippen LogP contribution in [0.4, 0.5) is 5.69 Å². The average molecular weight is 442 g/mol. The van der Waals surface area contributed by atoms with Crippen LogP contribution in [0.25, 0.3) is 0 Å². The Hall–Kier alpha value is -2.41. The summed E-state index contributed by atoms with van der Waals surface area (Å²) in [6, 6.07) is 8.33. The van der Waals surface area contributed by atoms with Gasteiger partial charge in [0.05, 0.1) is 6.54 Å². The molecule has 7 heteroatoms. The maximum absolute atomic E-state index is 12.8. The predicted octanol–water partition coefficient (Wildman–Crippen LogP) is 3.21. The van der Waals surface area contributed by atoms with Gasteiger partial charge in [0.15, 0.2) is 0 Å².